The van der Waals surface area contributed by atoms with Gasteiger partial charge in [0, 0.05) is 17.9 Å². The minimum Gasteiger partial charge on any atom is -0.377 e. The van der Waals surface area contributed by atoms with Crippen molar-refractivity contribution in [3.8, 4) is 0 Å². The van der Waals surface area contributed by atoms with Crippen molar-refractivity contribution in [3.05, 3.63) is 15.6 Å². The third-order valence-corrected chi connectivity index (χ3v) is 5.65. The number of aromatic nitrogens is 1. The summed E-state index contributed by atoms with van der Waals surface area (Å²) in [5.41, 5.74) is 4.14. The van der Waals surface area contributed by atoms with Crippen molar-refractivity contribution < 1.29 is 4.74 Å². The third kappa shape index (κ3) is 4.49. The lowest BCUT2D eigenvalue weighted by atomic mass is 9.82. The Bertz CT molecular complexity index is 410. The van der Waals surface area contributed by atoms with Crippen molar-refractivity contribution in [2.45, 2.75) is 71.4 Å². The molecule has 5 heteroatoms. The summed E-state index contributed by atoms with van der Waals surface area (Å²) in [6, 6.07) is 0.151. The van der Waals surface area contributed by atoms with Crippen molar-refractivity contribution in [2.24, 2.45) is 11.8 Å². The number of aryl methyl sites for hydroxylation is 2. The number of nitrogens with zero attached hydrogens (tertiary/aromatic N) is 1. The van der Waals surface area contributed by atoms with Gasteiger partial charge < -0.3 is 4.74 Å². The van der Waals surface area contributed by atoms with Crippen LogP contribution in [0.1, 0.15) is 54.6 Å². The number of thiazole rings is 1. The van der Waals surface area contributed by atoms with E-state index < -0.39 is 0 Å². The van der Waals surface area contributed by atoms with Gasteiger partial charge >= 0.3 is 0 Å². The van der Waals surface area contributed by atoms with E-state index >= 15 is 0 Å². The van der Waals surface area contributed by atoms with Gasteiger partial charge in [-0.2, -0.15) is 0 Å². The fourth-order valence-electron chi connectivity index (χ4n) is 3.32. The number of ether oxygens (including phenoxy) is 1. The Labute approximate surface area is 132 Å². The van der Waals surface area contributed by atoms with Crippen LogP contribution in [-0.4, -0.2) is 23.7 Å². The van der Waals surface area contributed by atoms with Crippen LogP contribution in [0.4, 0.5) is 0 Å². The topological polar surface area (TPSA) is 60.2 Å². The molecule has 1 aromatic heterocycles. The van der Waals surface area contributed by atoms with E-state index in [1.165, 1.54) is 37.0 Å². The third-order valence-electron chi connectivity index (χ3n) is 4.55. The predicted octanol–water partition coefficient (Wildman–Crippen LogP) is 3.12. The van der Waals surface area contributed by atoms with Crippen LogP contribution in [-0.2, 0) is 11.2 Å². The fraction of sp³-hybridized carbons (Fsp3) is 0.812. The van der Waals surface area contributed by atoms with Gasteiger partial charge in [-0.3, -0.25) is 11.3 Å². The maximum Gasteiger partial charge on any atom is 0.0947 e. The largest absolute Gasteiger partial charge is 0.377 e. The van der Waals surface area contributed by atoms with E-state index in [1.54, 1.807) is 11.3 Å². The molecule has 0 aliphatic heterocycles. The van der Waals surface area contributed by atoms with Gasteiger partial charge in [0.15, 0.2) is 0 Å². The molecule has 3 N–H and O–H groups in total. The molecule has 1 aliphatic rings. The summed E-state index contributed by atoms with van der Waals surface area (Å²) in [6.45, 7) is 7.01. The number of nitrogens with two attached hydrogens (primary N) is 1. The van der Waals surface area contributed by atoms with Gasteiger partial charge in [-0.05, 0) is 39.5 Å². The SMILES string of the molecule is CCOC(C1CCCCC1)C(Cc1nc(C)c(C)s1)NN. The molecule has 120 valence electrons. The van der Waals surface area contributed by atoms with Crippen LogP contribution in [0.3, 0.4) is 0 Å². The molecule has 21 heavy (non-hydrogen) atoms. The highest BCUT2D eigenvalue weighted by Gasteiger charge is 2.31. The number of rotatable bonds is 7. The number of hydrogen-bond donors (Lipinski definition) is 2. The van der Waals surface area contributed by atoms with Crippen LogP contribution >= 0.6 is 11.3 Å². The quantitative estimate of drug-likeness (QED) is 0.600. The van der Waals surface area contributed by atoms with Crippen LogP contribution in [0.25, 0.3) is 0 Å². The van der Waals surface area contributed by atoms with Gasteiger partial charge in [-0.25, -0.2) is 4.98 Å². The fourth-order valence-corrected chi connectivity index (χ4v) is 4.31. The van der Waals surface area contributed by atoms with Crippen LogP contribution in [0, 0.1) is 19.8 Å². The summed E-state index contributed by atoms with van der Waals surface area (Å²) in [6.07, 6.45) is 7.59. The van der Waals surface area contributed by atoms with E-state index in [1.807, 2.05) is 0 Å². The van der Waals surface area contributed by atoms with E-state index in [-0.39, 0.29) is 12.1 Å². The van der Waals surface area contributed by atoms with E-state index in [0.29, 0.717) is 5.92 Å². The molecule has 2 unspecified atom stereocenters. The van der Waals surface area contributed by atoms with Gasteiger partial charge in [-0.1, -0.05) is 19.3 Å². The second-order valence-corrected chi connectivity index (χ2v) is 7.33. The summed E-state index contributed by atoms with van der Waals surface area (Å²) in [4.78, 5) is 5.95. The first kappa shape index (κ1) is 16.9. The molecule has 0 aromatic carbocycles. The molecule has 0 radical (unpaired) electrons. The maximum atomic E-state index is 6.08. The van der Waals surface area contributed by atoms with Crippen molar-refractivity contribution in [1.82, 2.24) is 10.4 Å². The molecular weight excluding hydrogens is 282 g/mol. The molecule has 0 amide bonds. The molecule has 4 nitrogen and oxygen atoms in total. The summed E-state index contributed by atoms with van der Waals surface area (Å²) in [5.74, 6) is 6.48. The zero-order chi connectivity index (χ0) is 15.2. The highest BCUT2D eigenvalue weighted by Crippen LogP contribution is 2.30. The maximum absolute atomic E-state index is 6.08. The first-order chi connectivity index (χ1) is 10.2. The molecule has 0 saturated heterocycles. The van der Waals surface area contributed by atoms with E-state index in [9.17, 15) is 0 Å². The zero-order valence-electron chi connectivity index (χ0n) is 13.5. The highest BCUT2D eigenvalue weighted by molar-refractivity contribution is 7.11. The Morgan fingerprint density at radius 2 is 2.05 bits per heavy atom. The zero-order valence-corrected chi connectivity index (χ0v) is 14.3. The van der Waals surface area contributed by atoms with Gasteiger partial charge in [0.25, 0.3) is 0 Å². The van der Waals surface area contributed by atoms with Crippen LogP contribution in [0.5, 0.6) is 0 Å². The second kappa shape index (κ2) is 8.22. The van der Waals surface area contributed by atoms with Gasteiger partial charge in [-0.15, -0.1) is 11.3 Å². The molecule has 1 saturated carbocycles. The van der Waals surface area contributed by atoms with Crippen LogP contribution in [0.2, 0.25) is 0 Å². The Balaban J connectivity index is 2.06. The van der Waals surface area contributed by atoms with Gasteiger partial charge in [0.2, 0.25) is 0 Å². The molecule has 1 aromatic rings. The highest BCUT2D eigenvalue weighted by atomic mass is 32.1. The molecule has 2 rings (SSSR count). The van der Waals surface area contributed by atoms with Crippen molar-refractivity contribution >= 4 is 11.3 Å². The molecule has 0 bridgehead atoms. The number of hydrogen-bond acceptors (Lipinski definition) is 5. The Morgan fingerprint density at radius 1 is 1.33 bits per heavy atom. The minimum atomic E-state index is 0.151. The predicted molar refractivity (Wildman–Crippen MR) is 88.4 cm³/mol. The normalized spacial score (nSPS) is 19.6. The Hall–Kier alpha value is -0.490. The van der Waals surface area contributed by atoms with Gasteiger partial charge in [0.1, 0.15) is 0 Å². The average Bonchev–Trinajstić information content (AvgIpc) is 2.82. The molecular formula is C16H29N3OS. The van der Waals surface area contributed by atoms with Gasteiger partial charge in [0.05, 0.1) is 22.8 Å². The Morgan fingerprint density at radius 3 is 2.57 bits per heavy atom. The Kier molecular flexibility index (Phi) is 6.61. The minimum absolute atomic E-state index is 0.151. The summed E-state index contributed by atoms with van der Waals surface area (Å²) in [5, 5.41) is 1.16. The lowest BCUT2D eigenvalue weighted by molar-refractivity contribution is -0.0175. The monoisotopic (exact) mass is 311 g/mol. The summed E-state index contributed by atoms with van der Waals surface area (Å²) < 4.78 is 6.08. The molecule has 0 spiro atoms. The van der Waals surface area contributed by atoms with E-state index in [4.69, 9.17) is 10.6 Å². The van der Waals surface area contributed by atoms with Crippen molar-refractivity contribution in [2.75, 3.05) is 6.61 Å². The molecule has 1 aliphatic carbocycles. The van der Waals surface area contributed by atoms with Crippen molar-refractivity contribution in [1.29, 1.82) is 0 Å². The van der Waals surface area contributed by atoms with Crippen LogP contribution in [0.15, 0.2) is 0 Å². The lowest BCUT2D eigenvalue weighted by Crippen LogP contribution is -2.50. The van der Waals surface area contributed by atoms with E-state index in [2.05, 4.69) is 31.2 Å². The van der Waals surface area contributed by atoms with Crippen LogP contribution < -0.4 is 11.3 Å². The lowest BCUT2D eigenvalue weighted by Gasteiger charge is -2.35. The first-order valence-electron chi connectivity index (χ1n) is 8.16. The van der Waals surface area contributed by atoms with Crippen molar-refractivity contribution in [3.63, 3.8) is 0 Å². The average molecular weight is 311 g/mol. The first-order valence-corrected chi connectivity index (χ1v) is 8.98. The summed E-state index contributed by atoms with van der Waals surface area (Å²) in [7, 11) is 0. The number of nitrogens with one attached hydrogen (secondary N) is 1. The second-order valence-electron chi connectivity index (χ2n) is 6.04. The van der Waals surface area contributed by atoms with E-state index in [0.717, 1.165) is 23.7 Å². The molecule has 2 atom stereocenters. The smallest absolute Gasteiger partial charge is 0.0947 e. The standard InChI is InChI=1S/C16H29N3OS/c1-4-20-16(13-8-6-5-7-9-13)14(19-17)10-15-18-11(2)12(3)21-15/h13-14,16,19H,4-10,17H2,1-3H3. The molecule has 1 heterocycles. The molecule has 1 fully saturated rings. The number of hydrazine groups is 1. The summed E-state index contributed by atoms with van der Waals surface area (Å²) >= 11 is 1.78.